The number of hydrogen-bond donors (Lipinski definition) is 0. The summed E-state index contributed by atoms with van der Waals surface area (Å²) in [6, 6.07) is 9.81. The smallest absolute Gasteiger partial charge is 0.268 e. The van der Waals surface area contributed by atoms with Gasteiger partial charge in [-0.05, 0) is 31.2 Å². The number of rotatable bonds is 4. The van der Waals surface area contributed by atoms with Crippen LogP contribution in [0.5, 0.6) is 11.5 Å². The SMILES string of the molecule is COc1ccc(OC)c(S(=O)(=O)N2CCC(=O)c3cc(C)ccc32)c1. The Kier molecular flexibility index (Phi) is 4.43. The summed E-state index contributed by atoms with van der Waals surface area (Å²) in [4.78, 5) is 12.2. The summed E-state index contributed by atoms with van der Waals surface area (Å²) in [7, 11) is -1.03. The summed E-state index contributed by atoms with van der Waals surface area (Å²) < 4.78 is 38.2. The lowest BCUT2D eigenvalue weighted by Gasteiger charge is -2.30. The van der Waals surface area contributed by atoms with Gasteiger partial charge in [-0.25, -0.2) is 8.42 Å². The number of carbonyl (C=O) groups excluding carboxylic acids is 1. The van der Waals surface area contributed by atoms with E-state index in [2.05, 4.69) is 0 Å². The molecule has 0 saturated carbocycles. The number of nitrogens with zero attached hydrogens (tertiary/aromatic N) is 1. The molecule has 2 aromatic rings. The van der Waals surface area contributed by atoms with Crippen molar-refractivity contribution in [3.8, 4) is 11.5 Å². The molecule has 7 heteroatoms. The van der Waals surface area contributed by atoms with E-state index in [1.165, 1.54) is 24.6 Å². The standard InChI is InChI=1S/C18H19NO5S/c1-12-4-6-15-14(10-12)16(20)8-9-19(15)25(21,22)18-11-13(23-2)5-7-17(18)24-3/h4-7,10-11H,8-9H2,1-3H3. The lowest BCUT2D eigenvalue weighted by Crippen LogP contribution is -2.37. The zero-order chi connectivity index (χ0) is 18.2. The van der Waals surface area contributed by atoms with E-state index in [1.54, 1.807) is 30.3 Å². The number of anilines is 1. The van der Waals surface area contributed by atoms with Gasteiger partial charge in [0.15, 0.2) is 5.78 Å². The van der Waals surface area contributed by atoms with Gasteiger partial charge in [-0.3, -0.25) is 9.10 Å². The lowest BCUT2D eigenvalue weighted by molar-refractivity contribution is 0.0982. The van der Waals surface area contributed by atoms with Gasteiger partial charge in [0.25, 0.3) is 10.0 Å². The lowest BCUT2D eigenvalue weighted by atomic mass is 10.0. The van der Waals surface area contributed by atoms with Crippen LogP contribution in [0.3, 0.4) is 0 Å². The van der Waals surface area contributed by atoms with Crippen LogP contribution in [0.15, 0.2) is 41.3 Å². The van der Waals surface area contributed by atoms with Crippen LogP contribution in [0.1, 0.15) is 22.3 Å². The zero-order valence-electron chi connectivity index (χ0n) is 14.3. The van der Waals surface area contributed by atoms with Crippen molar-refractivity contribution < 1.29 is 22.7 Å². The van der Waals surface area contributed by atoms with Crippen molar-refractivity contribution in [2.45, 2.75) is 18.2 Å². The van der Waals surface area contributed by atoms with Gasteiger partial charge in [-0.1, -0.05) is 11.6 Å². The molecule has 0 unspecified atom stereocenters. The highest BCUT2D eigenvalue weighted by Gasteiger charge is 2.34. The van der Waals surface area contributed by atoms with E-state index < -0.39 is 10.0 Å². The number of hydrogen-bond acceptors (Lipinski definition) is 5. The average molecular weight is 361 g/mol. The van der Waals surface area contributed by atoms with E-state index in [4.69, 9.17) is 9.47 Å². The highest BCUT2D eigenvalue weighted by atomic mass is 32.2. The Morgan fingerprint density at radius 2 is 1.80 bits per heavy atom. The molecule has 25 heavy (non-hydrogen) atoms. The topological polar surface area (TPSA) is 72.9 Å². The third-order valence-corrected chi connectivity index (χ3v) is 6.04. The molecule has 0 saturated heterocycles. The van der Waals surface area contributed by atoms with Crippen molar-refractivity contribution in [2.75, 3.05) is 25.1 Å². The third kappa shape index (κ3) is 2.95. The number of ether oxygens (including phenoxy) is 2. The molecule has 1 heterocycles. The molecular formula is C18H19NO5S. The first-order valence-electron chi connectivity index (χ1n) is 7.77. The molecule has 1 aliphatic heterocycles. The van der Waals surface area contributed by atoms with E-state index in [-0.39, 0.29) is 29.4 Å². The van der Waals surface area contributed by atoms with Crippen molar-refractivity contribution in [3.05, 3.63) is 47.5 Å². The second kappa shape index (κ2) is 6.40. The second-order valence-corrected chi connectivity index (χ2v) is 7.62. The van der Waals surface area contributed by atoms with Gasteiger partial charge in [0.2, 0.25) is 0 Å². The van der Waals surface area contributed by atoms with Crippen LogP contribution in [0, 0.1) is 6.92 Å². The number of sulfonamides is 1. The number of fused-ring (bicyclic) bond motifs is 1. The normalized spacial score (nSPS) is 14.2. The second-order valence-electron chi connectivity index (χ2n) is 5.79. The molecule has 0 amide bonds. The Hall–Kier alpha value is -2.54. The van der Waals surface area contributed by atoms with Gasteiger partial charge >= 0.3 is 0 Å². The molecule has 3 rings (SSSR count). The van der Waals surface area contributed by atoms with Crippen molar-refractivity contribution in [2.24, 2.45) is 0 Å². The maximum Gasteiger partial charge on any atom is 0.268 e. The van der Waals surface area contributed by atoms with Crippen LogP contribution in [-0.4, -0.2) is 35.0 Å². The fourth-order valence-corrected chi connectivity index (χ4v) is 4.56. The summed E-state index contributed by atoms with van der Waals surface area (Å²) in [6.07, 6.45) is 0.141. The zero-order valence-corrected chi connectivity index (χ0v) is 15.1. The first-order valence-corrected chi connectivity index (χ1v) is 9.21. The fraction of sp³-hybridized carbons (Fsp3) is 0.278. The van der Waals surface area contributed by atoms with E-state index in [1.807, 2.05) is 6.92 Å². The van der Waals surface area contributed by atoms with Gasteiger partial charge in [0.05, 0.1) is 19.9 Å². The molecule has 0 bridgehead atoms. The molecule has 0 aliphatic carbocycles. The first kappa shape index (κ1) is 17.3. The summed E-state index contributed by atoms with van der Waals surface area (Å²) in [5, 5.41) is 0. The monoisotopic (exact) mass is 361 g/mol. The van der Waals surface area contributed by atoms with Crippen molar-refractivity contribution in [1.29, 1.82) is 0 Å². The van der Waals surface area contributed by atoms with Crippen molar-refractivity contribution in [3.63, 3.8) is 0 Å². The minimum absolute atomic E-state index is 0.00947. The molecule has 0 aromatic heterocycles. The molecule has 6 nitrogen and oxygen atoms in total. The number of aryl methyl sites for hydroxylation is 1. The predicted octanol–water partition coefficient (Wildman–Crippen LogP) is 2.79. The molecule has 2 aromatic carbocycles. The van der Waals surface area contributed by atoms with Gasteiger partial charge in [-0.15, -0.1) is 0 Å². The van der Waals surface area contributed by atoms with E-state index in [9.17, 15) is 13.2 Å². The maximum atomic E-state index is 13.3. The summed E-state index contributed by atoms with van der Waals surface area (Å²) in [5.74, 6) is 0.589. The maximum absolute atomic E-state index is 13.3. The summed E-state index contributed by atoms with van der Waals surface area (Å²) in [5.41, 5.74) is 1.73. The molecule has 1 aliphatic rings. The number of Topliss-reactive ketones (excluding diaryl/α,β-unsaturated/α-hetero) is 1. The van der Waals surface area contributed by atoms with Crippen LogP contribution < -0.4 is 13.8 Å². The van der Waals surface area contributed by atoms with Crippen molar-refractivity contribution in [1.82, 2.24) is 0 Å². The molecule has 0 spiro atoms. The molecule has 0 N–H and O–H groups in total. The van der Waals surface area contributed by atoms with Crippen LogP contribution >= 0.6 is 0 Å². The van der Waals surface area contributed by atoms with Gasteiger partial charge in [0, 0.05) is 24.6 Å². The highest BCUT2D eigenvalue weighted by Crippen LogP contribution is 2.36. The number of benzene rings is 2. The third-order valence-electron chi connectivity index (χ3n) is 4.20. The highest BCUT2D eigenvalue weighted by molar-refractivity contribution is 7.93. The van der Waals surface area contributed by atoms with Crippen LogP contribution in [-0.2, 0) is 10.0 Å². The van der Waals surface area contributed by atoms with Gasteiger partial charge in [-0.2, -0.15) is 0 Å². The fourth-order valence-electron chi connectivity index (χ4n) is 2.90. The Bertz CT molecular complexity index is 936. The Morgan fingerprint density at radius 1 is 1.04 bits per heavy atom. The average Bonchev–Trinajstić information content (AvgIpc) is 2.61. The van der Waals surface area contributed by atoms with Crippen LogP contribution in [0.4, 0.5) is 5.69 Å². The Morgan fingerprint density at radius 3 is 2.48 bits per heavy atom. The molecule has 0 atom stereocenters. The number of carbonyl (C=O) groups is 1. The minimum Gasteiger partial charge on any atom is -0.497 e. The number of methoxy groups -OCH3 is 2. The molecule has 0 fully saturated rings. The summed E-state index contributed by atoms with van der Waals surface area (Å²) in [6.45, 7) is 1.96. The van der Waals surface area contributed by atoms with E-state index >= 15 is 0 Å². The van der Waals surface area contributed by atoms with Crippen LogP contribution in [0.25, 0.3) is 0 Å². The quantitative estimate of drug-likeness (QED) is 0.837. The van der Waals surface area contributed by atoms with Crippen LogP contribution in [0.2, 0.25) is 0 Å². The summed E-state index contributed by atoms with van der Waals surface area (Å²) >= 11 is 0. The van der Waals surface area contributed by atoms with Gasteiger partial charge < -0.3 is 9.47 Å². The van der Waals surface area contributed by atoms with Gasteiger partial charge in [0.1, 0.15) is 16.4 Å². The largest absolute Gasteiger partial charge is 0.497 e. The minimum atomic E-state index is -3.91. The molecule has 0 radical (unpaired) electrons. The van der Waals surface area contributed by atoms with E-state index in [0.717, 1.165) is 5.56 Å². The number of ketones is 1. The molecular weight excluding hydrogens is 342 g/mol. The predicted molar refractivity (Wildman–Crippen MR) is 94.2 cm³/mol. The Labute approximate surface area is 147 Å². The van der Waals surface area contributed by atoms with E-state index in [0.29, 0.717) is 17.0 Å². The van der Waals surface area contributed by atoms with Crippen molar-refractivity contribution >= 4 is 21.5 Å². The first-order chi connectivity index (χ1) is 11.9. The molecule has 132 valence electrons. The Balaban J connectivity index is 2.17.